The number of hydrogen-bond acceptors (Lipinski definition) is 5. The van der Waals surface area contributed by atoms with Crippen LogP contribution in [0.3, 0.4) is 0 Å². The third-order valence-corrected chi connectivity index (χ3v) is 4.40. The molecule has 1 amide bonds. The summed E-state index contributed by atoms with van der Waals surface area (Å²) in [6, 6.07) is 19.3. The van der Waals surface area contributed by atoms with Crippen molar-refractivity contribution in [1.29, 1.82) is 0 Å². The van der Waals surface area contributed by atoms with Crippen LogP contribution in [-0.4, -0.2) is 56.1 Å². The van der Waals surface area contributed by atoms with Gasteiger partial charge in [0.05, 0.1) is 25.1 Å². The van der Waals surface area contributed by atoms with Crippen molar-refractivity contribution in [2.45, 2.75) is 0 Å². The molecule has 1 aromatic heterocycles. The molecule has 3 rings (SSSR count). The Labute approximate surface area is 170 Å². The first kappa shape index (κ1) is 20.6. The van der Waals surface area contributed by atoms with Gasteiger partial charge in [-0.1, -0.05) is 18.2 Å². The maximum atomic E-state index is 12.6. The predicted octanol–water partition coefficient (Wildman–Crippen LogP) is 2.51. The monoisotopic (exact) mass is 394 g/mol. The molecule has 2 aromatic carbocycles. The van der Waals surface area contributed by atoms with Crippen molar-refractivity contribution in [2.75, 3.05) is 40.5 Å². The molecular weight excluding hydrogens is 368 g/mol. The van der Waals surface area contributed by atoms with Crippen molar-refractivity contribution in [3.8, 4) is 22.7 Å². The SMILES string of the molecule is COCCNCCNC(=O)c1cc(-c2ccc(OC)cc2)n(-c2ccccc2)n1. The first-order valence-electron chi connectivity index (χ1n) is 9.50. The molecule has 0 spiro atoms. The van der Waals surface area contributed by atoms with Gasteiger partial charge in [0.25, 0.3) is 5.91 Å². The third kappa shape index (κ3) is 5.43. The van der Waals surface area contributed by atoms with E-state index in [1.165, 1.54) is 0 Å². The second kappa shape index (κ2) is 10.4. The van der Waals surface area contributed by atoms with Crippen molar-refractivity contribution < 1.29 is 14.3 Å². The van der Waals surface area contributed by atoms with E-state index in [9.17, 15) is 4.79 Å². The van der Waals surface area contributed by atoms with Crippen LogP contribution in [-0.2, 0) is 4.74 Å². The summed E-state index contributed by atoms with van der Waals surface area (Å²) in [5, 5.41) is 10.7. The van der Waals surface area contributed by atoms with E-state index < -0.39 is 0 Å². The highest BCUT2D eigenvalue weighted by Gasteiger charge is 2.16. The van der Waals surface area contributed by atoms with E-state index in [1.807, 2.05) is 60.7 Å². The van der Waals surface area contributed by atoms with Crippen molar-refractivity contribution >= 4 is 5.91 Å². The number of hydrogen-bond donors (Lipinski definition) is 2. The summed E-state index contributed by atoms with van der Waals surface area (Å²) in [5.41, 5.74) is 3.04. The minimum Gasteiger partial charge on any atom is -0.497 e. The lowest BCUT2D eigenvalue weighted by molar-refractivity contribution is 0.0948. The van der Waals surface area contributed by atoms with Gasteiger partial charge in [-0.05, 0) is 42.5 Å². The molecule has 7 heteroatoms. The zero-order chi connectivity index (χ0) is 20.5. The van der Waals surface area contributed by atoms with Crippen LogP contribution in [0.2, 0.25) is 0 Å². The molecule has 0 atom stereocenters. The quantitative estimate of drug-likeness (QED) is 0.517. The Balaban J connectivity index is 1.80. The van der Waals surface area contributed by atoms with Crippen molar-refractivity contribution in [1.82, 2.24) is 20.4 Å². The number of rotatable bonds is 10. The van der Waals surface area contributed by atoms with Crippen molar-refractivity contribution in [3.05, 3.63) is 66.4 Å². The smallest absolute Gasteiger partial charge is 0.271 e. The molecule has 0 aliphatic heterocycles. The van der Waals surface area contributed by atoms with E-state index >= 15 is 0 Å². The largest absolute Gasteiger partial charge is 0.497 e. The second-order valence-electron chi connectivity index (χ2n) is 6.39. The number of carbonyl (C=O) groups is 1. The predicted molar refractivity (Wildman–Crippen MR) is 113 cm³/mol. The standard InChI is InChI=1S/C22H26N4O3/c1-28-15-14-23-12-13-24-22(27)20-16-21(17-8-10-19(29-2)11-9-17)26(25-20)18-6-4-3-5-7-18/h3-11,16,23H,12-15H2,1-2H3,(H,24,27). The summed E-state index contributed by atoms with van der Waals surface area (Å²) < 4.78 is 12.0. The Morgan fingerprint density at radius 3 is 2.45 bits per heavy atom. The number of methoxy groups -OCH3 is 2. The van der Waals surface area contributed by atoms with Gasteiger partial charge in [-0.15, -0.1) is 0 Å². The van der Waals surface area contributed by atoms with E-state index in [-0.39, 0.29) is 5.91 Å². The van der Waals surface area contributed by atoms with Crippen LogP contribution in [0, 0.1) is 0 Å². The molecule has 0 bridgehead atoms. The molecule has 0 radical (unpaired) electrons. The van der Waals surface area contributed by atoms with Gasteiger partial charge >= 0.3 is 0 Å². The average Bonchev–Trinajstić information content (AvgIpc) is 3.22. The van der Waals surface area contributed by atoms with Crippen LogP contribution >= 0.6 is 0 Å². The molecule has 0 unspecified atom stereocenters. The summed E-state index contributed by atoms with van der Waals surface area (Å²) in [6.45, 7) is 2.57. The maximum Gasteiger partial charge on any atom is 0.271 e. The van der Waals surface area contributed by atoms with Crippen LogP contribution in [0.5, 0.6) is 5.75 Å². The van der Waals surface area contributed by atoms with Crippen LogP contribution in [0.25, 0.3) is 16.9 Å². The number of carbonyl (C=O) groups excluding carboxylic acids is 1. The normalized spacial score (nSPS) is 10.7. The Morgan fingerprint density at radius 1 is 1.00 bits per heavy atom. The zero-order valence-corrected chi connectivity index (χ0v) is 16.7. The number of aromatic nitrogens is 2. The van der Waals surface area contributed by atoms with Gasteiger partial charge in [-0.2, -0.15) is 5.10 Å². The number of nitrogens with one attached hydrogen (secondary N) is 2. The Kier molecular flexibility index (Phi) is 7.38. The Morgan fingerprint density at radius 2 is 1.76 bits per heavy atom. The first-order valence-corrected chi connectivity index (χ1v) is 9.50. The van der Waals surface area contributed by atoms with E-state index in [0.29, 0.717) is 25.4 Å². The fourth-order valence-corrected chi connectivity index (χ4v) is 2.88. The molecule has 7 nitrogen and oxygen atoms in total. The summed E-state index contributed by atoms with van der Waals surface area (Å²) in [7, 11) is 3.29. The highest BCUT2D eigenvalue weighted by molar-refractivity contribution is 5.93. The molecule has 3 aromatic rings. The topological polar surface area (TPSA) is 77.4 Å². The van der Waals surface area contributed by atoms with Gasteiger partial charge in [0.2, 0.25) is 0 Å². The van der Waals surface area contributed by atoms with Crippen LogP contribution in [0.4, 0.5) is 0 Å². The average molecular weight is 394 g/mol. The fraction of sp³-hybridized carbons (Fsp3) is 0.273. The molecule has 29 heavy (non-hydrogen) atoms. The van der Waals surface area contributed by atoms with Gasteiger partial charge in [0, 0.05) is 32.3 Å². The second-order valence-corrected chi connectivity index (χ2v) is 6.39. The van der Waals surface area contributed by atoms with Gasteiger partial charge in [0.1, 0.15) is 5.75 Å². The van der Waals surface area contributed by atoms with E-state index in [0.717, 1.165) is 29.2 Å². The highest BCUT2D eigenvalue weighted by atomic mass is 16.5. The number of ether oxygens (including phenoxy) is 2. The zero-order valence-electron chi connectivity index (χ0n) is 16.7. The van der Waals surface area contributed by atoms with Gasteiger partial charge in [-0.3, -0.25) is 4.79 Å². The van der Waals surface area contributed by atoms with Crippen molar-refractivity contribution in [2.24, 2.45) is 0 Å². The van der Waals surface area contributed by atoms with Gasteiger partial charge in [-0.25, -0.2) is 4.68 Å². The lowest BCUT2D eigenvalue weighted by Crippen LogP contribution is -2.33. The lowest BCUT2D eigenvalue weighted by atomic mass is 10.1. The molecule has 2 N–H and O–H groups in total. The summed E-state index contributed by atoms with van der Waals surface area (Å²) in [6.07, 6.45) is 0. The number of amides is 1. The maximum absolute atomic E-state index is 12.6. The number of nitrogens with zero attached hydrogens (tertiary/aromatic N) is 2. The van der Waals surface area contributed by atoms with Gasteiger partial charge < -0.3 is 20.1 Å². The molecule has 0 aliphatic rings. The molecule has 0 aliphatic carbocycles. The van der Waals surface area contributed by atoms with Crippen molar-refractivity contribution in [3.63, 3.8) is 0 Å². The summed E-state index contributed by atoms with van der Waals surface area (Å²) >= 11 is 0. The number of benzene rings is 2. The van der Waals surface area contributed by atoms with Crippen LogP contribution in [0.1, 0.15) is 10.5 Å². The lowest BCUT2D eigenvalue weighted by Gasteiger charge is -2.08. The minimum atomic E-state index is -0.206. The fourth-order valence-electron chi connectivity index (χ4n) is 2.88. The molecule has 0 saturated heterocycles. The highest BCUT2D eigenvalue weighted by Crippen LogP contribution is 2.26. The van der Waals surface area contributed by atoms with E-state index in [4.69, 9.17) is 9.47 Å². The Hall–Kier alpha value is -3.16. The molecule has 152 valence electrons. The summed E-state index contributed by atoms with van der Waals surface area (Å²) in [5.74, 6) is 0.571. The minimum absolute atomic E-state index is 0.206. The first-order chi connectivity index (χ1) is 14.2. The van der Waals surface area contributed by atoms with Crippen LogP contribution < -0.4 is 15.4 Å². The third-order valence-electron chi connectivity index (χ3n) is 4.40. The van der Waals surface area contributed by atoms with E-state index in [2.05, 4.69) is 15.7 Å². The Bertz CT molecular complexity index is 908. The molecule has 0 saturated carbocycles. The molecule has 0 fully saturated rings. The van der Waals surface area contributed by atoms with Gasteiger partial charge in [0.15, 0.2) is 5.69 Å². The summed E-state index contributed by atoms with van der Waals surface area (Å²) in [4.78, 5) is 12.6. The number of para-hydroxylation sites is 1. The molecule has 1 heterocycles. The molecular formula is C22H26N4O3. The van der Waals surface area contributed by atoms with E-state index in [1.54, 1.807) is 18.9 Å². The van der Waals surface area contributed by atoms with Crippen LogP contribution in [0.15, 0.2) is 60.7 Å².